The quantitative estimate of drug-likeness (QED) is 0.265. The van der Waals surface area contributed by atoms with Crippen molar-refractivity contribution in [1.82, 2.24) is 20.4 Å². The maximum absolute atomic E-state index is 6.20. The smallest absolute Gasteiger partial charge is 0.191 e. The van der Waals surface area contributed by atoms with Crippen LogP contribution < -0.4 is 10.6 Å². The molecule has 0 saturated heterocycles. The summed E-state index contributed by atoms with van der Waals surface area (Å²) < 4.78 is 1.90. The van der Waals surface area contributed by atoms with Crippen LogP contribution in [0.1, 0.15) is 28.9 Å². The molecule has 0 saturated carbocycles. The van der Waals surface area contributed by atoms with E-state index >= 15 is 0 Å². The number of nitrogens with one attached hydrogen (secondary N) is 2. The predicted octanol–water partition coefficient (Wildman–Crippen LogP) is 4.26. The van der Waals surface area contributed by atoms with Crippen molar-refractivity contribution in [2.75, 3.05) is 13.6 Å². The molecule has 0 fully saturated rings. The lowest BCUT2D eigenvalue weighted by Gasteiger charge is -2.12. The van der Waals surface area contributed by atoms with Gasteiger partial charge in [0.15, 0.2) is 5.96 Å². The normalized spacial score (nSPS) is 11.2. The minimum Gasteiger partial charge on any atom is -0.356 e. The predicted molar refractivity (Wildman–Crippen MR) is 121 cm³/mol. The molecule has 0 atom stereocenters. The van der Waals surface area contributed by atoms with Gasteiger partial charge in [-0.1, -0.05) is 29.3 Å². The molecule has 0 aliphatic carbocycles. The minimum absolute atomic E-state index is 0. The molecular formula is C18H26Cl2IN5. The number of hydrogen-bond donors (Lipinski definition) is 2. The molecule has 2 aromatic rings. The fourth-order valence-electron chi connectivity index (χ4n) is 2.68. The average molecular weight is 510 g/mol. The molecular weight excluding hydrogens is 484 g/mol. The van der Waals surface area contributed by atoms with E-state index in [1.807, 2.05) is 30.8 Å². The van der Waals surface area contributed by atoms with E-state index in [1.54, 1.807) is 13.1 Å². The van der Waals surface area contributed by atoms with Gasteiger partial charge in [-0.25, -0.2) is 0 Å². The first-order valence-corrected chi connectivity index (χ1v) is 9.05. The lowest BCUT2D eigenvalue weighted by Crippen LogP contribution is -2.37. The highest BCUT2D eigenvalue weighted by Gasteiger charge is 2.09. The molecule has 5 nitrogen and oxygen atoms in total. The van der Waals surface area contributed by atoms with Crippen LogP contribution in [-0.4, -0.2) is 29.3 Å². The van der Waals surface area contributed by atoms with Gasteiger partial charge in [0.2, 0.25) is 0 Å². The maximum atomic E-state index is 6.20. The molecule has 0 aliphatic rings. The lowest BCUT2D eigenvalue weighted by molar-refractivity contribution is 0.726. The average Bonchev–Trinajstić information content (AvgIpc) is 2.81. The van der Waals surface area contributed by atoms with E-state index in [1.165, 1.54) is 5.56 Å². The van der Waals surface area contributed by atoms with Crippen molar-refractivity contribution >= 4 is 53.1 Å². The van der Waals surface area contributed by atoms with E-state index in [2.05, 4.69) is 27.6 Å². The molecule has 144 valence electrons. The van der Waals surface area contributed by atoms with E-state index < -0.39 is 0 Å². The first-order chi connectivity index (χ1) is 11.9. The summed E-state index contributed by atoms with van der Waals surface area (Å²) in [6.45, 7) is 5.61. The van der Waals surface area contributed by atoms with Gasteiger partial charge < -0.3 is 10.6 Å². The van der Waals surface area contributed by atoms with Gasteiger partial charge in [-0.05, 0) is 44.4 Å². The standard InChI is InChI=1S/C18H25Cl2N5.HI/c1-12-16(13(2)25(4)24-12)11-23-18(21-3)22-9-5-6-14-7-8-15(19)10-17(14)20;/h7-8,10H,5-6,9,11H2,1-4H3,(H2,21,22,23);1H. The number of halogens is 3. The van der Waals surface area contributed by atoms with Crippen LogP contribution in [0.15, 0.2) is 23.2 Å². The number of nitrogens with zero attached hydrogens (tertiary/aromatic N) is 3. The third kappa shape index (κ3) is 6.32. The summed E-state index contributed by atoms with van der Waals surface area (Å²) >= 11 is 12.1. The summed E-state index contributed by atoms with van der Waals surface area (Å²) in [5.74, 6) is 0.782. The molecule has 0 aliphatic heterocycles. The zero-order valence-corrected chi connectivity index (χ0v) is 19.4. The fraction of sp³-hybridized carbons (Fsp3) is 0.444. The Morgan fingerprint density at radius 1 is 1.23 bits per heavy atom. The molecule has 0 spiro atoms. The van der Waals surface area contributed by atoms with Gasteiger partial charge in [0.25, 0.3) is 0 Å². The second kappa shape index (κ2) is 11.0. The van der Waals surface area contributed by atoms with Crippen molar-refractivity contribution in [3.8, 4) is 0 Å². The van der Waals surface area contributed by atoms with Gasteiger partial charge in [0, 0.05) is 48.5 Å². The van der Waals surface area contributed by atoms with Gasteiger partial charge in [-0.3, -0.25) is 9.67 Å². The molecule has 1 heterocycles. The summed E-state index contributed by atoms with van der Waals surface area (Å²) in [4.78, 5) is 4.27. The van der Waals surface area contributed by atoms with Crippen LogP contribution in [-0.2, 0) is 20.0 Å². The second-order valence-electron chi connectivity index (χ2n) is 5.96. The first kappa shape index (κ1) is 23.0. The van der Waals surface area contributed by atoms with Crippen LogP contribution in [0.5, 0.6) is 0 Å². The van der Waals surface area contributed by atoms with Gasteiger partial charge in [-0.15, -0.1) is 24.0 Å². The van der Waals surface area contributed by atoms with Gasteiger partial charge in [0.05, 0.1) is 5.69 Å². The molecule has 26 heavy (non-hydrogen) atoms. The Balaban J connectivity index is 0.00000338. The van der Waals surface area contributed by atoms with Crippen molar-refractivity contribution in [1.29, 1.82) is 0 Å². The van der Waals surface area contributed by atoms with Crippen molar-refractivity contribution in [3.63, 3.8) is 0 Å². The summed E-state index contributed by atoms with van der Waals surface area (Å²) in [5, 5.41) is 12.5. The van der Waals surface area contributed by atoms with E-state index in [0.717, 1.165) is 47.3 Å². The fourth-order valence-corrected chi connectivity index (χ4v) is 3.18. The number of guanidine groups is 1. The first-order valence-electron chi connectivity index (χ1n) is 8.30. The van der Waals surface area contributed by atoms with E-state index in [4.69, 9.17) is 23.2 Å². The Morgan fingerprint density at radius 2 is 1.96 bits per heavy atom. The monoisotopic (exact) mass is 509 g/mol. The topological polar surface area (TPSA) is 54.2 Å². The van der Waals surface area contributed by atoms with Crippen LogP contribution in [0, 0.1) is 13.8 Å². The molecule has 1 aromatic heterocycles. The molecule has 0 bridgehead atoms. The third-order valence-corrected chi connectivity index (χ3v) is 4.83. The Bertz CT molecular complexity index is 758. The van der Waals surface area contributed by atoms with Crippen LogP contribution in [0.2, 0.25) is 10.0 Å². The van der Waals surface area contributed by atoms with Crippen LogP contribution in [0.4, 0.5) is 0 Å². The molecule has 1 aromatic carbocycles. The Labute approximate surface area is 182 Å². The highest BCUT2D eigenvalue weighted by molar-refractivity contribution is 14.0. The maximum Gasteiger partial charge on any atom is 0.191 e. The summed E-state index contributed by atoms with van der Waals surface area (Å²) in [7, 11) is 3.73. The zero-order valence-electron chi connectivity index (χ0n) is 15.6. The minimum atomic E-state index is 0. The number of benzene rings is 1. The molecule has 0 unspecified atom stereocenters. The number of rotatable bonds is 6. The van der Waals surface area contributed by atoms with E-state index in [0.29, 0.717) is 11.6 Å². The number of aliphatic imine (C=N–C) groups is 1. The molecule has 2 rings (SSSR count). The molecule has 2 N–H and O–H groups in total. The Morgan fingerprint density at radius 3 is 2.54 bits per heavy atom. The van der Waals surface area contributed by atoms with E-state index in [-0.39, 0.29) is 24.0 Å². The summed E-state index contributed by atoms with van der Waals surface area (Å²) in [5.41, 5.74) is 4.52. The van der Waals surface area contributed by atoms with Gasteiger partial charge in [0.1, 0.15) is 0 Å². The summed E-state index contributed by atoms with van der Waals surface area (Å²) in [6, 6.07) is 5.63. The largest absolute Gasteiger partial charge is 0.356 e. The van der Waals surface area contributed by atoms with Crippen molar-refractivity contribution in [2.45, 2.75) is 33.2 Å². The zero-order chi connectivity index (χ0) is 18.4. The van der Waals surface area contributed by atoms with Crippen LogP contribution in [0.25, 0.3) is 0 Å². The molecule has 0 radical (unpaired) electrons. The van der Waals surface area contributed by atoms with E-state index in [9.17, 15) is 0 Å². The highest BCUT2D eigenvalue weighted by Crippen LogP contribution is 2.21. The number of hydrogen-bond acceptors (Lipinski definition) is 2. The number of aromatic nitrogens is 2. The van der Waals surface area contributed by atoms with Crippen molar-refractivity contribution < 1.29 is 0 Å². The van der Waals surface area contributed by atoms with Gasteiger partial charge >= 0.3 is 0 Å². The molecule has 8 heteroatoms. The van der Waals surface area contributed by atoms with Crippen LogP contribution in [0.3, 0.4) is 0 Å². The third-order valence-electron chi connectivity index (χ3n) is 4.25. The number of aryl methyl sites for hydroxylation is 3. The SMILES string of the molecule is CN=C(NCCCc1ccc(Cl)cc1Cl)NCc1c(C)nn(C)c1C.I. The Hall–Kier alpha value is -0.990. The summed E-state index contributed by atoms with van der Waals surface area (Å²) in [6.07, 6.45) is 1.84. The van der Waals surface area contributed by atoms with Crippen molar-refractivity contribution in [2.24, 2.45) is 12.0 Å². The highest BCUT2D eigenvalue weighted by atomic mass is 127. The second-order valence-corrected chi connectivity index (χ2v) is 6.81. The van der Waals surface area contributed by atoms with Crippen LogP contribution >= 0.6 is 47.2 Å². The molecule has 0 amide bonds. The van der Waals surface area contributed by atoms with Crippen molar-refractivity contribution in [3.05, 3.63) is 50.8 Å². The lowest BCUT2D eigenvalue weighted by atomic mass is 10.1. The van der Waals surface area contributed by atoms with Gasteiger partial charge in [-0.2, -0.15) is 5.10 Å². The Kier molecular flexibility index (Phi) is 9.74.